The van der Waals surface area contributed by atoms with Crippen molar-refractivity contribution in [2.45, 2.75) is 12.6 Å². The van der Waals surface area contributed by atoms with Crippen LogP contribution in [0.3, 0.4) is 0 Å². The minimum atomic E-state index is -0.399. The van der Waals surface area contributed by atoms with Gasteiger partial charge in [-0.1, -0.05) is 17.7 Å². The van der Waals surface area contributed by atoms with E-state index in [-0.39, 0.29) is 12.1 Å². The number of morpholine rings is 1. The zero-order valence-corrected chi connectivity index (χ0v) is 15.2. The third-order valence-electron chi connectivity index (χ3n) is 4.57. The second-order valence-electron chi connectivity index (χ2n) is 6.36. The number of carbonyl (C=O) groups is 1. The standard InChI is InChI=1S/C19H18ClFN4O2/c20-16-10-14(21)1-2-15(16)17-12-25(7-8-27-17)19(26)23-11-13-3-5-24-6-4-22-18(24)9-13/h1-6,9-10,17H,7-8,11-12H2,(H,23,26). The molecule has 0 saturated carbocycles. The molecular weight excluding hydrogens is 371 g/mol. The molecule has 3 heterocycles. The summed E-state index contributed by atoms with van der Waals surface area (Å²) in [6.07, 6.45) is 5.13. The molecule has 1 atom stereocenters. The number of halogens is 2. The van der Waals surface area contributed by atoms with Crippen molar-refractivity contribution in [3.63, 3.8) is 0 Å². The summed E-state index contributed by atoms with van der Waals surface area (Å²) in [7, 11) is 0. The van der Waals surface area contributed by atoms with Crippen LogP contribution in [0.5, 0.6) is 0 Å². The van der Waals surface area contributed by atoms with Crippen LogP contribution in [0.2, 0.25) is 5.02 Å². The lowest BCUT2D eigenvalue weighted by Gasteiger charge is -2.33. The molecule has 0 aliphatic carbocycles. The number of urea groups is 1. The molecule has 3 aromatic rings. The number of nitrogens with zero attached hydrogens (tertiary/aromatic N) is 3. The number of rotatable bonds is 3. The van der Waals surface area contributed by atoms with E-state index in [2.05, 4.69) is 10.3 Å². The van der Waals surface area contributed by atoms with E-state index < -0.39 is 5.82 Å². The molecule has 27 heavy (non-hydrogen) atoms. The normalized spacial score (nSPS) is 17.3. The van der Waals surface area contributed by atoms with E-state index in [0.717, 1.165) is 11.2 Å². The van der Waals surface area contributed by atoms with Gasteiger partial charge < -0.3 is 19.4 Å². The van der Waals surface area contributed by atoms with E-state index in [0.29, 0.717) is 36.8 Å². The summed E-state index contributed by atoms with van der Waals surface area (Å²) in [5.74, 6) is -0.399. The smallest absolute Gasteiger partial charge is 0.317 e. The number of fused-ring (bicyclic) bond motifs is 1. The molecule has 2 aromatic heterocycles. The van der Waals surface area contributed by atoms with Crippen LogP contribution in [-0.2, 0) is 11.3 Å². The number of carbonyl (C=O) groups excluding carboxylic acids is 1. The topological polar surface area (TPSA) is 58.9 Å². The van der Waals surface area contributed by atoms with Crippen LogP contribution in [-0.4, -0.2) is 40.0 Å². The molecule has 1 fully saturated rings. The van der Waals surface area contributed by atoms with E-state index in [1.165, 1.54) is 12.1 Å². The average Bonchev–Trinajstić information content (AvgIpc) is 3.14. The third kappa shape index (κ3) is 3.89. The van der Waals surface area contributed by atoms with Crippen molar-refractivity contribution in [1.82, 2.24) is 19.6 Å². The van der Waals surface area contributed by atoms with Crippen LogP contribution in [0, 0.1) is 5.82 Å². The molecule has 1 aliphatic heterocycles. The number of hydrogen-bond donors (Lipinski definition) is 1. The van der Waals surface area contributed by atoms with Crippen LogP contribution < -0.4 is 5.32 Å². The molecule has 8 heteroatoms. The Morgan fingerprint density at radius 2 is 2.22 bits per heavy atom. The molecule has 1 aromatic carbocycles. The fourth-order valence-electron chi connectivity index (χ4n) is 3.14. The van der Waals surface area contributed by atoms with E-state index in [9.17, 15) is 9.18 Å². The third-order valence-corrected chi connectivity index (χ3v) is 4.90. The van der Waals surface area contributed by atoms with E-state index in [1.807, 2.05) is 28.9 Å². The zero-order valence-electron chi connectivity index (χ0n) is 14.4. The van der Waals surface area contributed by atoms with Gasteiger partial charge in [-0.2, -0.15) is 0 Å². The minimum Gasteiger partial charge on any atom is -0.370 e. The summed E-state index contributed by atoms with van der Waals surface area (Å²) in [6.45, 7) is 1.64. The fraction of sp³-hybridized carbons (Fsp3) is 0.263. The van der Waals surface area contributed by atoms with Gasteiger partial charge in [0, 0.05) is 42.3 Å². The predicted molar refractivity (Wildman–Crippen MR) is 99.1 cm³/mol. The van der Waals surface area contributed by atoms with Crippen molar-refractivity contribution < 1.29 is 13.9 Å². The van der Waals surface area contributed by atoms with Gasteiger partial charge >= 0.3 is 6.03 Å². The Hall–Kier alpha value is -2.64. The Morgan fingerprint density at radius 1 is 1.33 bits per heavy atom. The monoisotopic (exact) mass is 388 g/mol. The first kappa shape index (κ1) is 17.8. The first-order valence-electron chi connectivity index (χ1n) is 8.61. The number of hydrogen-bond acceptors (Lipinski definition) is 3. The van der Waals surface area contributed by atoms with Gasteiger partial charge in [-0.15, -0.1) is 0 Å². The Labute approximate surface area is 160 Å². The maximum atomic E-state index is 13.3. The largest absolute Gasteiger partial charge is 0.370 e. The fourth-order valence-corrected chi connectivity index (χ4v) is 3.43. The summed E-state index contributed by atoms with van der Waals surface area (Å²) >= 11 is 6.12. The van der Waals surface area contributed by atoms with Crippen LogP contribution in [0.4, 0.5) is 9.18 Å². The molecule has 4 rings (SSSR count). The molecule has 1 unspecified atom stereocenters. The van der Waals surface area contributed by atoms with Crippen molar-refractivity contribution in [2.24, 2.45) is 0 Å². The van der Waals surface area contributed by atoms with Crippen molar-refractivity contribution in [3.05, 3.63) is 70.9 Å². The van der Waals surface area contributed by atoms with Crippen molar-refractivity contribution >= 4 is 23.3 Å². The highest BCUT2D eigenvalue weighted by Gasteiger charge is 2.26. The zero-order chi connectivity index (χ0) is 18.8. The van der Waals surface area contributed by atoms with Gasteiger partial charge in [0.1, 0.15) is 17.6 Å². The lowest BCUT2D eigenvalue weighted by Crippen LogP contribution is -2.47. The molecule has 0 bridgehead atoms. The lowest BCUT2D eigenvalue weighted by molar-refractivity contribution is -0.0154. The molecule has 1 N–H and O–H groups in total. The van der Waals surface area contributed by atoms with Gasteiger partial charge in [0.2, 0.25) is 0 Å². The van der Waals surface area contributed by atoms with E-state index in [1.54, 1.807) is 17.2 Å². The molecule has 2 amide bonds. The van der Waals surface area contributed by atoms with Gasteiger partial charge in [-0.05, 0) is 29.8 Å². The van der Waals surface area contributed by atoms with Crippen LogP contribution in [0.1, 0.15) is 17.2 Å². The second kappa shape index (κ2) is 7.54. The van der Waals surface area contributed by atoms with Gasteiger partial charge in [0.05, 0.1) is 13.2 Å². The molecule has 0 spiro atoms. The highest BCUT2D eigenvalue weighted by atomic mass is 35.5. The number of ether oxygens (including phenoxy) is 1. The van der Waals surface area contributed by atoms with E-state index in [4.69, 9.17) is 16.3 Å². The highest BCUT2D eigenvalue weighted by molar-refractivity contribution is 6.31. The molecule has 1 saturated heterocycles. The Morgan fingerprint density at radius 3 is 3.07 bits per heavy atom. The molecule has 6 nitrogen and oxygen atoms in total. The van der Waals surface area contributed by atoms with Gasteiger partial charge in [0.25, 0.3) is 0 Å². The average molecular weight is 389 g/mol. The maximum absolute atomic E-state index is 13.3. The summed E-state index contributed by atoms with van der Waals surface area (Å²) in [5, 5.41) is 3.22. The number of amides is 2. The van der Waals surface area contributed by atoms with Crippen LogP contribution in [0.15, 0.2) is 48.9 Å². The maximum Gasteiger partial charge on any atom is 0.317 e. The van der Waals surface area contributed by atoms with Gasteiger partial charge in [-0.3, -0.25) is 0 Å². The van der Waals surface area contributed by atoms with Crippen molar-refractivity contribution in [3.8, 4) is 0 Å². The first-order valence-corrected chi connectivity index (χ1v) is 8.99. The van der Waals surface area contributed by atoms with Gasteiger partial charge in [0.15, 0.2) is 0 Å². The lowest BCUT2D eigenvalue weighted by atomic mass is 10.1. The highest BCUT2D eigenvalue weighted by Crippen LogP contribution is 2.29. The number of benzene rings is 1. The number of imidazole rings is 1. The quantitative estimate of drug-likeness (QED) is 0.748. The minimum absolute atomic E-state index is 0.176. The van der Waals surface area contributed by atoms with Crippen molar-refractivity contribution in [1.29, 1.82) is 0 Å². The number of nitrogens with one attached hydrogen (secondary N) is 1. The first-order chi connectivity index (χ1) is 13.1. The Balaban J connectivity index is 1.39. The van der Waals surface area contributed by atoms with Crippen molar-refractivity contribution in [2.75, 3.05) is 19.7 Å². The number of pyridine rings is 1. The summed E-state index contributed by atoms with van der Waals surface area (Å²) < 4.78 is 20.9. The second-order valence-corrected chi connectivity index (χ2v) is 6.76. The number of aromatic nitrogens is 2. The molecular formula is C19H18ClFN4O2. The van der Waals surface area contributed by atoms with E-state index >= 15 is 0 Å². The molecule has 0 radical (unpaired) electrons. The predicted octanol–water partition coefficient (Wildman–Crippen LogP) is 3.41. The summed E-state index contributed by atoms with van der Waals surface area (Å²) in [5.41, 5.74) is 2.48. The SMILES string of the molecule is O=C(NCc1ccn2ccnc2c1)N1CCOC(c2ccc(F)cc2Cl)C1. The summed E-state index contributed by atoms with van der Waals surface area (Å²) in [6, 6.07) is 7.89. The van der Waals surface area contributed by atoms with Crippen LogP contribution >= 0.6 is 11.6 Å². The Kier molecular flexibility index (Phi) is 4.96. The molecule has 1 aliphatic rings. The Bertz CT molecular complexity index is 977. The summed E-state index contributed by atoms with van der Waals surface area (Å²) in [4.78, 5) is 18.5. The van der Waals surface area contributed by atoms with Crippen LogP contribution in [0.25, 0.3) is 5.65 Å². The van der Waals surface area contributed by atoms with Gasteiger partial charge in [-0.25, -0.2) is 14.2 Å². The molecule has 140 valence electrons.